The molecule has 2 nitrogen and oxygen atoms in total. The van der Waals surface area contributed by atoms with Gasteiger partial charge in [0.2, 0.25) is 0 Å². The van der Waals surface area contributed by atoms with Gasteiger partial charge in [-0.3, -0.25) is 4.79 Å². The maximum atomic E-state index is 12.6. The van der Waals surface area contributed by atoms with E-state index in [1.807, 2.05) is 6.92 Å². The second-order valence-electron chi connectivity index (χ2n) is 3.17. The molecule has 1 rings (SSSR count). The van der Waals surface area contributed by atoms with Crippen LogP contribution >= 0.6 is 11.8 Å². The predicted octanol–water partition coefficient (Wildman–Crippen LogP) is 2.92. The van der Waals surface area contributed by atoms with Crippen molar-refractivity contribution >= 4 is 17.7 Å². The number of hydrogen-bond donors (Lipinski definition) is 1. The number of carboxylic acid groups (broad SMARTS) is 1. The zero-order valence-corrected chi connectivity index (χ0v) is 9.26. The van der Waals surface area contributed by atoms with Gasteiger partial charge in [0.15, 0.2) is 0 Å². The molecule has 0 heterocycles. The van der Waals surface area contributed by atoms with E-state index >= 15 is 0 Å². The highest BCUT2D eigenvalue weighted by atomic mass is 32.2. The quantitative estimate of drug-likeness (QED) is 0.842. The number of halogens is 1. The molecule has 0 radical (unpaired) electrons. The van der Waals surface area contributed by atoms with Crippen LogP contribution in [-0.2, 0) is 10.5 Å². The van der Waals surface area contributed by atoms with Crippen LogP contribution in [0.3, 0.4) is 0 Å². The SMILES string of the molecule is CCC(SCc1ccc(F)cc1)C(=O)O. The van der Waals surface area contributed by atoms with Crippen molar-refractivity contribution < 1.29 is 14.3 Å². The van der Waals surface area contributed by atoms with Crippen molar-refractivity contribution in [2.24, 2.45) is 0 Å². The number of carboxylic acids is 1. The van der Waals surface area contributed by atoms with Gasteiger partial charge in [-0.2, -0.15) is 0 Å². The molecular weight excluding hydrogens is 215 g/mol. The highest BCUT2D eigenvalue weighted by Crippen LogP contribution is 2.20. The lowest BCUT2D eigenvalue weighted by Gasteiger charge is -2.08. The van der Waals surface area contributed by atoms with E-state index in [-0.39, 0.29) is 11.1 Å². The molecule has 15 heavy (non-hydrogen) atoms. The van der Waals surface area contributed by atoms with E-state index in [0.29, 0.717) is 12.2 Å². The Morgan fingerprint density at radius 3 is 2.53 bits per heavy atom. The fourth-order valence-corrected chi connectivity index (χ4v) is 2.11. The summed E-state index contributed by atoms with van der Waals surface area (Å²) in [6.45, 7) is 1.84. The number of benzene rings is 1. The Balaban J connectivity index is 2.49. The van der Waals surface area contributed by atoms with Crippen LogP contribution < -0.4 is 0 Å². The minimum Gasteiger partial charge on any atom is -0.480 e. The smallest absolute Gasteiger partial charge is 0.316 e. The van der Waals surface area contributed by atoms with Crippen molar-refractivity contribution in [1.29, 1.82) is 0 Å². The third kappa shape index (κ3) is 3.91. The molecule has 1 N–H and O–H groups in total. The van der Waals surface area contributed by atoms with Crippen molar-refractivity contribution in [1.82, 2.24) is 0 Å². The standard InChI is InChI=1S/C11H13FO2S/c1-2-10(11(13)14)15-7-8-3-5-9(12)6-4-8/h3-6,10H,2,7H2,1H3,(H,13,14). The van der Waals surface area contributed by atoms with Crippen molar-refractivity contribution in [2.45, 2.75) is 24.3 Å². The molecule has 1 aromatic carbocycles. The summed E-state index contributed by atoms with van der Waals surface area (Å²) < 4.78 is 12.6. The number of thioether (sulfide) groups is 1. The van der Waals surface area contributed by atoms with Gasteiger partial charge in [-0.05, 0) is 24.1 Å². The van der Waals surface area contributed by atoms with Gasteiger partial charge in [-0.15, -0.1) is 11.8 Å². The monoisotopic (exact) mass is 228 g/mol. The van der Waals surface area contributed by atoms with E-state index < -0.39 is 5.97 Å². The molecule has 0 spiro atoms. The molecule has 0 aliphatic heterocycles. The van der Waals surface area contributed by atoms with E-state index in [1.165, 1.54) is 23.9 Å². The first-order valence-electron chi connectivity index (χ1n) is 4.72. The van der Waals surface area contributed by atoms with Crippen LogP contribution in [0.15, 0.2) is 24.3 Å². The van der Waals surface area contributed by atoms with E-state index in [1.54, 1.807) is 12.1 Å². The first-order chi connectivity index (χ1) is 7.13. The van der Waals surface area contributed by atoms with Gasteiger partial charge in [0.25, 0.3) is 0 Å². The van der Waals surface area contributed by atoms with Gasteiger partial charge >= 0.3 is 5.97 Å². The van der Waals surface area contributed by atoms with Crippen LogP contribution in [0.2, 0.25) is 0 Å². The van der Waals surface area contributed by atoms with Crippen LogP contribution in [-0.4, -0.2) is 16.3 Å². The number of carbonyl (C=O) groups is 1. The molecule has 0 saturated heterocycles. The zero-order valence-electron chi connectivity index (χ0n) is 8.44. The Morgan fingerprint density at radius 1 is 1.47 bits per heavy atom. The van der Waals surface area contributed by atoms with Crippen LogP contribution in [0.4, 0.5) is 4.39 Å². The molecule has 0 bridgehead atoms. The summed E-state index contributed by atoms with van der Waals surface area (Å²) in [6.07, 6.45) is 0.598. The van der Waals surface area contributed by atoms with Gasteiger partial charge in [0, 0.05) is 5.75 Å². The number of aliphatic carboxylic acids is 1. The molecule has 82 valence electrons. The Bertz CT molecular complexity index is 324. The maximum Gasteiger partial charge on any atom is 0.316 e. The van der Waals surface area contributed by atoms with Crippen LogP contribution in [0.25, 0.3) is 0 Å². The fraction of sp³-hybridized carbons (Fsp3) is 0.364. The minimum absolute atomic E-state index is 0.269. The Hall–Kier alpha value is -1.03. The van der Waals surface area contributed by atoms with Gasteiger partial charge < -0.3 is 5.11 Å². The first-order valence-corrected chi connectivity index (χ1v) is 5.77. The summed E-state index contributed by atoms with van der Waals surface area (Å²) in [5.41, 5.74) is 0.945. The molecule has 4 heteroatoms. The van der Waals surface area contributed by atoms with E-state index in [9.17, 15) is 9.18 Å². The molecule has 0 fully saturated rings. The van der Waals surface area contributed by atoms with E-state index in [4.69, 9.17) is 5.11 Å². The normalized spacial score (nSPS) is 12.4. The number of rotatable bonds is 5. The zero-order chi connectivity index (χ0) is 11.3. The summed E-state index contributed by atoms with van der Waals surface area (Å²) in [7, 11) is 0. The molecule has 1 atom stereocenters. The summed E-state index contributed by atoms with van der Waals surface area (Å²) in [5.74, 6) is -0.455. The summed E-state index contributed by atoms with van der Waals surface area (Å²) in [6, 6.07) is 6.13. The number of hydrogen-bond acceptors (Lipinski definition) is 2. The molecule has 0 saturated carbocycles. The van der Waals surface area contributed by atoms with Gasteiger partial charge in [0.05, 0.1) is 0 Å². The van der Waals surface area contributed by atoms with Crippen molar-refractivity contribution in [3.63, 3.8) is 0 Å². The highest BCUT2D eigenvalue weighted by molar-refractivity contribution is 7.99. The second kappa shape index (κ2) is 5.75. The molecule has 0 aliphatic carbocycles. The van der Waals surface area contributed by atoms with Crippen molar-refractivity contribution in [2.75, 3.05) is 0 Å². The van der Waals surface area contributed by atoms with Gasteiger partial charge in [-0.25, -0.2) is 4.39 Å². The minimum atomic E-state index is -0.787. The molecule has 1 unspecified atom stereocenters. The Labute approximate surface area is 92.5 Å². The topological polar surface area (TPSA) is 37.3 Å². The largest absolute Gasteiger partial charge is 0.480 e. The summed E-state index contributed by atoms with van der Waals surface area (Å²) in [4.78, 5) is 10.7. The van der Waals surface area contributed by atoms with Gasteiger partial charge in [-0.1, -0.05) is 19.1 Å². The molecule has 1 aromatic rings. The average Bonchev–Trinajstić information content (AvgIpc) is 2.21. The Morgan fingerprint density at radius 2 is 2.07 bits per heavy atom. The van der Waals surface area contributed by atoms with Crippen LogP contribution in [0.1, 0.15) is 18.9 Å². The maximum absolute atomic E-state index is 12.6. The first kappa shape index (κ1) is 12.0. The molecular formula is C11H13FO2S. The molecule has 0 amide bonds. The Kier molecular flexibility index (Phi) is 4.62. The van der Waals surface area contributed by atoms with Crippen LogP contribution in [0.5, 0.6) is 0 Å². The lowest BCUT2D eigenvalue weighted by atomic mass is 10.2. The highest BCUT2D eigenvalue weighted by Gasteiger charge is 2.14. The molecule has 0 aromatic heterocycles. The summed E-state index contributed by atoms with van der Waals surface area (Å²) >= 11 is 1.37. The van der Waals surface area contributed by atoms with Gasteiger partial charge in [0.1, 0.15) is 11.1 Å². The average molecular weight is 228 g/mol. The van der Waals surface area contributed by atoms with Crippen LogP contribution in [0, 0.1) is 5.82 Å². The van der Waals surface area contributed by atoms with Crippen molar-refractivity contribution in [3.05, 3.63) is 35.6 Å². The second-order valence-corrected chi connectivity index (χ2v) is 4.36. The predicted molar refractivity (Wildman–Crippen MR) is 59.4 cm³/mol. The summed E-state index contributed by atoms with van der Waals surface area (Å²) in [5, 5.41) is 8.43. The third-order valence-electron chi connectivity index (χ3n) is 2.01. The van der Waals surface area contributed by atoms with E-state index in [0.717, 1.165) is 5.56 Å². The lowest BCUT2D eigenvalue weighted by Crippen LogP contribution is -2.14. The van der Waals surface area contributed by atoms with Crippen molar-refractivity contribution in [3.8, 4) is 0 Å². The lowest BCUT2D eigenvalue weighted by molar-refractivity contribution is -0.136. The molecule has 0 aliphatic rings. The third-order valence-corrected chi connectivity index (χ3v) is 3.45. The van der Waals surface area contributed by atoms with E-state index in [2.05, 4.69) is 0 Å². The fourth-order valence-electron chi connectivity index (χ4n) is 1.14.